The van der Waals surface area contributed by atoms with Crippen LogP contribution in [0.3, 0.4) is 0 Å². The van der Waals surface area contributed by atoms with Crippen molar-refractivity contribution < 1.29 is 9.59 Å². The molecule has 0 spiro atoms. The number of benzene rings is 2. The maximum atomic E-state index is 12.4. The molecule has 3 N–H and O–H groups in total. The highest BCUT2D eigenvalue weighted by Crippen LogP contribution is 2.21. The Morgan fingerprint density at radius 1 is 1.12 bits per heavy atom. The zero-order valence-corrected chi connectivity index (χ0v) is 18.4. The maximum absolute atomic E-state index is 12.4. The third-order valence-electron chi connectivity index (χ3n) is 5.29. The molecule has 0 fully saturated rings. The summed E-state index contributed by atoms with van der Waals surface area (Å²) in [5, 5.41) is 16.8. The monoisotopic (exact) mass is 429 g/mol. The summed E-state index contributed by atoms with van der Waals surface area (Å²) in [4.78, 5) is 24.6. The Kier molecular flexibility index (Phi) is 7.40. The fourth-order valence-electron chi connectivity index (χ4n) is 3.51. The van der Waals surface area contributed by atoms with Crippen LogP contribution in [0.1, 0.15) is 52.0 Å². The number of hydrogen-bond donors (Lipinski definition) is 2. The Hall–Kier alpha value is -3.92. The number of para-hydroxylation sites is 1. The van der Waals surface area contributed by atoms with Gasteiger partial charge in [0.05, 0.1) is 11.4 Å². The molecule has 2 aromatic carbocycles. The number of carbonyl (C=O) groups is 2. The zero-order chi connectivity index (χ0) is 23.1. The molecule has 0 aliphatic carbocycles. The number of nitrogens with one attached hydrogen (secondary N) is 1. The number of rotatable bonds is 9. The number of aromatic nitrogens is 2. The van der Waals surface area contributed by atoms with Crippen molar-refractivity contribution in [1.82, 2.24) is 15.1 Å². The van der Waals surface area contributed by atoms with E-state index in [2.05, 4.69) is 16.5 Å². The first-order chi connectivity index (χ1) is 15.4. The van der Waals surface area contributed by atoms with Gasteiger partial charge >= 0.3 is 0 Å². The molecule has 0 atom stereocenters. The summed E-state index contributed by atoms with van der Waals surface area (Å²) >= 11 is 0. The smallest absolute Gasteiger partial charge is 0.220 e. The molecule has 1 aromatic heterocycles. The number of nitrogens with two attached hydrogens (primary N) is 1. The number of nitrogens with zero attached hydrogens (tertiary/aromatic N) is 3. The first-order valence-corrected chi connectivity index (χ1v) is 10.6. The van der Waals surface area contributed by atoms with Gasteiger partial charge in [-0.25, -0.2) is 4.68 Å². The predicted molar refractivity (Wildman–Crippen MR) is 124 cm³/mol. The van der Waals surface area contributed by atoms with E-state index in [1.165, 1.54) is 0 Å². The van der Waals surface area contributed by atoms with Crippen LogP contribution < -0.4 is 11.1 Å². The molecule has 1 heterocycles. The zero-order valence-electron chi connectivity index (χ0n) is 18.4. The molecule has 3 rings (SSSR count). The summed E-state index contributed by atoms with van der Waals surface area (Å²) in [5.74, 6) is 0.114. The molecule has 0 saturated heterocycles. The van der Waals surface area contributed by atoms with Crippen LogP contribution in [-0.4, -0.2) is 28.0 Å². The van der Waals surface area contributed by atoms with Crippen LogP contribution in [0.2, 0.25) is 0 Å². The number of Topliss-reactive ketones (excluding diaryl/α,β-unsaturated/α-hetero) is 1. The van der Waals surface area contributed by atoms with Crippen LogP contribution in [0.5, 0.6) is 0 Å². The molecule has 0 saturated carbocycles. The van der Waals surface area contributed by atoms with E-state index in [0.717, 1.165) is 16.8 Å². The van der Waals surface area contributed by atoms with E-state index in [9.17, 15) is 14.9 Å². The van der Waals surface area contributed by atoms with E-state index < -0.39 is 0 Å². The molecule has 7 heteroatoms. The van der Waals surface area contributed by atoms with Crippen molar-refractivity contribution >= 4 is 17.5 Å². The van der Waals surface area contributed by atoms with Crippen molar-refractivity contribution in [3.05, 3.63) is 76.5 Å². The van der Waals surface area contributed by atoms with Crippen molar-refractivity contribution in [1.29, 1.82) is 5.26 Å². The first kappa shape index (κ1) is 22.8. The number of carbonyl (C=O) groups excluding carboxylic acids is 2. The largest absolute Gasteiger partial charge is 0.382 e. The average Bonchev–Trinajstić information content (AvgIpc) is 3.12. The Labute approximate surface area is 187 Å². The van der Waals surface area contributed by atoms with Crippen molar-refractivity contribution in [2.45, 2.75) is 39.5 Å². The Bertz CT molecular complexity index is 1160. The van der Waals surface area contributed by atoms with Gasteiger partial charge in [-0.2, -0.15) is 10.4 Å². The fraction of sp³-hybridized carbons (Fsp3) is 0.280. The van der Waals surface area contributed by atoms with Crippen LogP contribution in [0.15, 0.2) is 48.5 Å². The third-order valence-corrected chi connectivity index (χ3v) is 5.29. The topological polar surface area (TPSA) is 114 Å². The van der Waals surface area contributed by atoms with Gasteiger partial charge in [0.25, 0.3) is 0 Å². The minimum absolute atomic E-state index is 0.0260. The summed E-state index contributed by atoms with van der Waals surface area (Å²) in [6.45, 7) is 4.27. The molecule has 164 valence electrons. The standard InChI is InChI=1S/C25H27N5O2/c1-17-10-11-18(2)20(15-17)23(31)12-13-24(32)28-14-6-9-22-21(16-26)25(27)30(29-22)19-7-4-3-5-8-19/h3-5,7-8,10-11,15H,6,9,12-14,27H2,1-2H3,(H,28,32). The molecule has 1 amide bonds. The van der Waals surface area contributed by atoms with Crippen LogP contribution >= 0.6 is 0 Å². The number of nitrogen functional groups attached to an aromatic ring is 1. The normalized spacial score (nSPS) is 10.5. The summed E-state index contributed by atoms with van der Waals surface area (Å²) in [5.41, 5.74) is 10.5. The van der Waals surface area contributed by atoms with Gasteiger partial charge in [-0.1, -0.05) is 35.9 Å². The Morgan fingerprint density at radius 3 is 2.59 bits per heavy atom. The van der Waals surface area contributed by atoms with E-state index >= 15 is 0 Å². The van der Waals surface area contributed by atoms with Gasteiger partial charge in [-0.05, 0) is 50.5 Å². The van der Waals surface area contributed by atoms with Crippen LogP contribution in [-0.2, 0) is 11.2 Å². The highest BCUT2D eigenvalue weighted by Gasteiger charge is 2.16. The second kappa shape index (κ2) is 10.4. The number of amides is 1. The number of aryl methyl sites for hydroxylation is 3. The summed E-state index contributed by atoms with van der Waals surface area (Å²) in [6, 6.07) is 17.3. The Balaban J connectivity index is 1.49. The van der Waals surface area contributed by atoms with Crippen molar-refractivity contribution in [2.24, 2.45) is 0 Å². The fourth-order valence-corrected chi connectivity index (χ4v) is 3.51. The van der Waals surface area contributed by atoms with Gasteiger partial charge in [-0.3, -0.25) is 9.59 Å². The molecule has 0 radical (unpaired) electrons. The second-order valence-corrected chi connectivity index (χ2v) is 7.76. The number of nitriles is 1. The van der Waals surface area contributed by atoms with Crippen LogP contribution in [0, 0.1) is 25.2 Å². The molecular weight excluding hydrogens is 402 g/mol. The summed E-state index contributed by atoms with van der Waals surface area (Å²) in [7, 11) is 0. The number of hydrogen-bond acceptors (Lipinski definition) is 5. The summed E-state index contributed by atoms with van der Waals surface area (Å²) < 4.78 is 1.56. The maximum Gasteiger partial charge on any atom is 0.220 e. The molecule has 0 aliphatic rings. The number of ketones is 1. The number of anilines is 1. The van der Waals surface area contributed by atoms with E-state index in [1.807, 2.05) is 62.4 Å². The minimum Gasteiger partial charge on any atom is -0.382 e. The summed E-state index contributed by atoms with van der Waals surface area (Å²) in [6.07, 6.45) is 1.43. The predicted octanol–water partition coefficient (Wildman–Crippen LogP) is 3.65. The van der Waals surface area contributed by atoms with Gasteiger partial charge < -0.3 is 11.1 Å². The van der Waals surface area contributed by atoms with Gasteiger partial charge in [-0.15, -0.1) is 0 Å². The molecule has 0 bridgehead atoms. The van der Waals surface area contributed by atoms with Crippen molar-refractivity contribution in [3.63, 3.8) is 0 Å². The lowest BCUT2D eigenvalue weighted by Crippen LogP contribution is -2.25. The van der Waals surface area contributed by atoms with Gasteiger partial charge in [0.1, 0.15) is 17.5 Å². The molecular formula is C25H27N5O2. The van der Waals surface area contributed by atoms with Crippen molar-refractivity contribution in [3.8, 4) is 11.8 Å². The molecule has 7 nitrogen and oxygen atoms in total. The first-order valence-electron chi connectivity index (χ1n) is 10.6. The lowest BCUT2D eigenvalue weighted by molar-refractivity contribution is -0.121. The highest BCUT2D eigenvalue weighted by molar-refractivity contribution is 5.99. The van der Waals surface area contributed by atoms with Crippen LogP contribution in [0.4, 0.5) is 5.82 Å². The van der Waals surface area contributed by atoms with Crippen molar-refractivity contribution in [2.75, 3.05) is 12.3 Å². The van der Waals surface area contributed by atoms with E-state index in [1.54, 1.807) is 4.68 Å². The van der Waals surface area contributed by atoms with Gasteiger partial charge in [0.15, 0.2) is 5.78 Å². The SMILES string of the molecule is Cc1ccc(C)c(C(=O)CCC(=O)NCCCc2nn(-c3ccccc3)c(N)c2C#N)c1. The van der Waals surface area contributed by atoms with E-state index in [-0.39, 0.29) is 24.5 Å². The molecule has 3 aromatic rings. The van der Waals surface area contributed by atoms with E-state index in [0.29, 0.717) is 42.0 Å². The van der Waals surface area contributed by atoms with Crippen LogP contribution in [0.25, 0.3) is 5.69 Å². The van der Waals surface area contributed by atoms with Gasteiger partial charge in [0.2, 0.25) is 5.91 Å². The molecule has 0 aliphatic heterocycles. The highest BCUT2D eigenvalue weighted by atomic mass is 16.2. The molecule has 32 heavy (non-hydrogen) atoms. The Morgan fingerprint density at radius 2 is 1.88 bits per heavy atom. The third kappa shape index (κ3) is 5.41. The molecule has 0 unspecified atom stereocenters. The van der Waals surface area contributed by atoms with Gasteiger partial charge in [0, 0.05) is 24.9 Å². The second-order valence-electron chi connectivity index (χ2n) is 7.76. The minimum atomic E-state index is -0.168. The van der Waals surface area contributed by atoms with E-state index in [4.69, 9.17) is 5.73 Å². The quantitative estimate of drug-likeness (QED) is 0.398. The lowest BCUT2D eigenvalue weighted by atomic mass is 9.99. The average molecular weight is 430 g/mol. The lowest BCUT2D eigenvalue weighted by Gasteiger charge is -2.07.